The lowest BCUT2D eigenvalue weighted by atomic mass is 9.94. The normalized spacial score (nSPS) is 19.6. The van der Waals surface area contributed by atoms with Gasteiger partial charge in [0.25, 0.3) is 0 Å². The first kappa shape index (κ1) is 21.0. The van der Waals surface area contributed by atoms with Crippen LogP contribution in [0.5, 0.6) is 5.75 Å². The van der Waals surface area contributed by atoms with Crippen molar-refractivity contribution in [2.75, 3.05) is 26.0 Å². The van der Waals surface area contributed by atoms with E-state index in [1.165, 1.54) is 0 Å². The second-order valence-corrected chi connectivity index (χ2v) is 6.40. The number of nitrogens with one attached hydrogen (secondary N) is 1. The highest BCUT2D eigenvalue weighted by atomic mass is 127. The highest BCUT2D eigenvalue weighted by Crippen LogP contribution is 2.36. The predicted molar refractivity (Wildman–Crippen MR) is 119 cm³/mol. The Balaban J connectivity index is 0.00000261. The zero-order chi connectivity index (χ0) is 18.5. The number of amides is 1. The number of aliphatic imine (C=N–C) groups is 1. The molecule has 27 heavy (non-hydrogen) atoms. The van der Waals surface area contributed by atoms with Gasteiger partial charge in [0, 0.05) is 31.6 Å². The summed E-state index contributed by atoms with van der Waals surface area (Å²) in [7, 11) is 3.48. The zero-order valence-corrected chi connectivity index (χ0v) is 17.8. The van der Waals surface area contributed by atoms with Gasteiger partial charge in [0.05, 0.1) is 13.2 Å². The van der Waals surface area contributed by atoms with E-state index in [1.54, 1.807) is 7.11 Å². The minimum atomic E-state index is 0. The van der Waals surface area contributed by atoms with Crippen LogP contribution in [0, 0.1) is 5.92 Å². The molecular weight excluding hydrogens is 455 g/mol. The van der Waals surface area contributed by atoms with Crippen LogP contribution >= 0.6 is 24.0 Å². The number of hydrogen-bond donors (Lipinski definition) is 2. The van der Waals surface area contributed by atoms with Crippen molar-refractivity contribution in [3.8, 4) is 5.75 Å². The Labute approximate surface area is 176 Å². The largest absolute Gasteiger partial charge is 0.497 e. The van der Waals surface area contributed by atoms with Crippen molar-refractivity contribution in [3.05, 3.63) is 60.2 Å². The summed E-state index contributed by atoms with van der Waals surface area (Å²) < 4.78 is 5.14. The molecule has 1 saturated heterocycles. The third-order valence-electron chi connectivity index (χ3n) is 4.69. The summed E-state index contributed by atoms with van der Waals surface area (Å²) in [5, 5.41) is 3.07. The van der Waals surface area contributed by atoms with Gasteiger partial charge in [-0.3, -0.25) is 9.79 Å². The van der Waals surface area contributed by atoms with Crippen LogP contribution < -0.4 is 15.8 Å². The molecule has 0 radical (unpaired) electrons. The van der Waals surface area contributed by atoms with E-state index in [-0.39, 0.29) is 41.8 Å². The lowest BCUT2D eigenvalue weighted by molar-refractivity contribution is -0.127. The van der Waals surface area contributed by atoms with Gasteiger partial charge < -0.3 is 20.7 Å². The van der Waals surface area contributed by atoms with Crippen LogP contribution in [-0.4, -0.2) is 37.5 Å². The molecule has 1 aliphatic rings. The van der Waals surface area contributed by atoms with E-state index in [9.17, 15) is 4.79 Å². The summed E-state index contributed by atoms with van der Waals surface area (Å²) in [4.78, 5) is 18.5. The fourth-order valence-corrected chi connectivity index (χ4v) is 3.34. The van der Waals surface area contributed by atoms with Crippen LogP contribution in [-0.2, 0) is 4.79 Å². The fourth-order valence-electron chi connectivity index (χ4n) is 3.34. The van der Waals surface area contributed by atoms with Gasteiger partial charge in [-0.15, -0.1) is 24.0 Å². The Hall–Kier alpha value is -2.29. The Kier molecular flexibility index (Phi) is 7.46. The predicted octanol–water partition coefficient (Wildman–Crippen LogP) is 3.26. The molecule has 2 aromatic carbocycles. The standard InChI is InChI=1S/C20H24N4O2.HI/c1-24-18(25)12-15(19(24)14-6-4-3-5-7-14)13-22-20(21)23-16-8-10-17(26-2)11-9-16;/h3-11,15,19H,12-13H2,1-2H3,(H3,21,22,23);1H/t15-,19-;/m0./s1. The van der Waals surface area contributed by atoms with Crippen LogP contribution in [0.15, 0.2) is 59.6 Å². The second-order valence-electron chi connectivity index (χ2n) is 6.40. The van der Waals surface area contributed by atoms with Crippen LogP contribution in [0.4, 0.5) is 5.69 Å². The number of likely N-dealkylation sites (tertiary alicyclic amines) is 1. The molecule has 1 heterocycles. The lowest BCUT2D eigenvalue weighted by Gasteiger charge is -2.24. The van der Waals surface area contributed by atoms with Crippen LogP contribution in [0.25, 0.3) is 0 Å². The van der Waals surface area contributed by atoms with E-state index in [2.05, 4.69) is 22.4 Å². The molecule has 6 nitrogen and oxygen atoms in total. The molecule has 2 aromatic rings. The second kappa shape index (κ2) is 9.59. The van der Waals surface area contributed by atoms with Gasteiger partial charge >= 0.3 is 0 Å². The summed E-state index contributed by atoms with van der Waals surface area (Å²) in [6.07, 6.45) is 0.482. The number of methoxy groups -OCH3 is 1. The van der Waals surface area contributed by atoms with Crippen molar-refractivity contribution in [1.29, 1.82) is 0 Å². The molecule has 144 valence electrons. The molecule has 0 saturated carbocycles. The first-order valence-corrected chi connectivity index (χ1v) is 8.60. The van der Waals surface area contributed by atoms with E-state index >= 15 is 0 Å². The van der Waals surface area contributed by atoms with Crippen molar-refractivity contribution >= 4 is 41.5 Å². The fraction of sp³-hybridized carbons (Fsp3) is 0.300. The van der Waals surface area contributed by atoms with Crippen molar-refractivity contribution < 1.29 is 9.53 Å². The van der Waals surface area contributed by atoms with E-state index in [1.807, 2.05) is 54.4 Å². The third kappa shape index (κ3) is 5.12. The number of nitrogens with two attached hydrogens (primary N) is 1. The van der Waals surface area contributed by atoms with Crippen molar-refractivity contribution in [1.82, 2.24) is 4.90 Å². The first-order valence-electron chi connectivity index (χ1n) is 8.60. The van der Waals surface area contributed by atoms with E-state index in [0.717, 1.165) is 17.0 Å². The molecule has 0 aliphatic carbocycles. The van der Waals surface area contributed by atoms with Gasteiger partial charge in [0.15, 0.2) is 5.96 Å². The number of hydrogen-bond acceptors (Lipinski definition) is 3. The average Bonchev–Trinajstić information content (AvgIpc) is 2.95. The average molecular weight is 480 g/mol. The van der Waals surface area contributed by atoms with Crippen molar-refractivity contribution in [2.45, 2.75) is 12.5 Å². The van der Waals surface area contributed by atoms with Gasteiger partial charge in [-0.05, 0) is 29.8 Å². The summed E-state index contributed by atoms with van der Waals surface area (Å²) in [6, 6.07) is 17.5. The molecular formula is C20H25IN4O2. The molecule has 0 spiro atoms. The van der Waals surface area contributed by atoms with Gasteiger partial charge in [-0.2, -0.15) is 0 Å². The maximum Gasteiger partial charge on any atom is 0.223 e. The van der Waals surface area contributed by atoms with E-state index in [4.69, 9.17) is 10.5 Å². The SMILES string of the molecule is COc1ccc(NC(N)=NC[C@@H]2CC(=O)N(C)[C@H]2c2ccccc2)cc1.I. The third-order valence-corrected chi connectivity index (χ3v) is 4.69. The monoisotopic (exact) mass is 480 g/mol. The van der Waals surface area contributed by atoms with Crippen LogP contribution in [0.1, 0.15) is 18.0 Å². The number of anilines is 1. The Morgan fingerprint density at radius 2 is 1.89 bits per heavy atom. The van der Waals surface area contributed by atoms with Crippen LogP contribution in [0.3, 0.4) is 0 Å². The summed E-state index contributed by atoms with van der Waals surface area (Å²) in [6.45, 7) is 0.491. The quantitative estimate of drug-likeness (QED) is 0.391. The molecule has 7 heteroatoms. The lowest BCUT2D eigenvalue weighted by Crippen LogP contribution is -2.26. The van der Waals surface area contributed by atoms with Gasteiger partial charge in [0.1, 0.15) is 5.75 Å². The molecule has 1 amide bonds. The van der Waals surface area contributed by atoms with Crippen molar-refractivity contribution in [2.24, 2.45) is 16.6 Å². The summed E-state index contributed by atoms with van der Waals surface area (Å²) in [5.41, 5.74) is 7.98. The molecule has 2 atom stereocenters. The van der Waals surface area contributed by atoms with E-state index in [0.29, 0.717) is 18.9 Å². The topological polar surface area (TPSA) is 80.0 Å². The number of rotatable bonds is 5. The highest BCUT2D eigenvalue weighted by molar-refractivity contribution is 14.0. The molecule has 0 unspecified atom stereocenters. The van der Waals surface area contributed by atoms with Gasteiger partial charge in [0.2, 0.25) is 5.91 Å². The summed E-state index contributed by atoms with van der Waals surface area (Å²) in [5.74, 6) is 1.36. The maximum absolute atomic E-state index is 12.2. The smallest absolute Gasteiger partial charge is 0.223 e. The number of carbonyl (C=O) groups excluding carboxylic acids is 1. The van der Waals surface area contributed by atoms with E-state index < -0.39 is 0 Å². The Morgan fingerprint density at radius 3 is 2.52 bits per heavy atom. The number of carbonyl (C=O) groups is 1. The number of guanidine groups is 1. The number of halogens is 1. The highest BCUT2D eigenvalue weighted by Gasteiger charge is 2.38. The number of nitrogens with zero attached hydrogens (tertiary/aromatic N) is 2. The zero-order valence-electron chi connectivity index (χ0n) is 15.5. The minimum absolute atomic E-state index is 0. The molecule has 1 aliphatic heterocycles. The Bertz CT molecular complexity index is 780. The van der Waals surface area contributed by atoms with Crippen molar-refractivity contribution in [3.63, 3.8) is 0 Å². The maximum atomic E-state index is 12.2. The number of benzene rings is 2. The van der Waals surface area contributed by atoms with Gasteiger partial charge in [-0.1, -0.05) is 30.3 Å². The molecule has 0 bridgehead atoms. The van der Waals surface area contributed by atoms with Gasteiger partial charge in [-0.25, -0.2) is 0 Å². The van der Waals surface area contributed by atoms with Crippen LogP contribution in [0.2, 0.25) is 0 Å². The number of ether oxygens (including phenoxy) is 1. The molecule has 1 fully saturated rings. The first-order chi connectivity index (χ1) is 12.6. The molecule has 3 N–H and O–H groups in total. The Morgan fingerprint density at radius 1 is 1.22 bits per heavy atom. The minimum Gasteiger partial charge on any atom is -0.497 e. The summed E-state index contributed by atoms with van der Waals surface area (Å²) >= 11 is 0. The molecule has 3 rings (SSSR count). The molecule has 0 aromatic heterocycles.